The number of nitrogens with two attached hydrogens (primary N) is 1. The van der Waals surface area contributed by atoms with Crippen LogP contribution in [0.2, 0.25) is 0 Å². The Balaban J connectivity index is 2.67. The minimum atomic E-state index is 0.200. The van der Waals surface area contributed by atoms with E-state index in [-0.39, 0.29) is 6.04 Å². The summed E-state index contributed by atoms with van der Waals surface area (Å²) in [7, 11) is 0. The average Bonchev–Trinajstić information content (AvgIpc) is 2.10. The van der Waals surface area contributed by atoms with Gasteiger partial charge in [0.1, 0.15) is 5.82 Å². The van der Waals surface area contributed by atoms with Crippen LogP contribution in [0.15, 0.2) is 6.20 Å². The highest BCUT2D eigenvalue weighted by atomic mass is 15.0. The van der Waals surface area contributed by atoms with Crippen molar-refractivity contribution in [1.29, 1.82) is 0 Å². The van der Waals surface area contributed by atoms with E-state index < -0.39 is 0 Å². The fourth-order valence-electron chi connectivity index (χ4n) is 1.52. The van der Waals surface area contributed by atoms with Crippen LogP contribution in [0.5, 0.6) is 0 Å². The minimum Gasteiger partial charge on any atom is -0.366 e. The van der Waals surface area contributed by atoms with E-state index in [0.29, 0.717) is 6.04 Å². The molecule has 15 heavy (non-hydrogen) atoms. The zero-order valence-electron chi connectivity index (χ0n) is 9.91. The van der Waals surface area contributed by atoms with E-state index in [4.69, 9.17) is 5.73 Å². The molecule has 0 radical (unpaired) electrons. The molecular formula is C11H20N4. The third-order valence-electron chi connectivity index (χ3n) is 2.18. The van der Waals surface area contributed by atoms with E-state index in [9.17, 15) is 0 Å². The Hall–Kier alpha value is -1.16. The molecule has 3 N–H and O–H groups in total. The minimum absolute atomic E-state index is 0.200. The van der Waals surface area contributed by atoms with Gasteiger partial charge in [-0.15, -0.1) is 0 Å². The van der Waals surface area contributed by atoms with Crippen LogP contribution in [0, 0.1) is 13.8 Å². The number of nitrogens with zero attached hydrogens (tertiary/aromatic N) is 2. The van der Waals surface area contributed by atoms with Crippen molar-refractivity contribution in [1.82, 2.24) is 9.97 Å². The van der Waals surface area contributed by atoms with Crippen LogP contribution in [-0.4, -0.2) is 22.1 Å². The first-order valence-electron chi connectivity index (χ1n) is 5.31. The lowest BCUT2D eigenvalue weighted by Gasteiger charge is -2.17. The first-order chi connectivity index (χ1) is 6.99. The van der Waals surface area contributed by atoms with Gasteiger partial charge in [-0.05, 0) is 34.1 Å². The summed E-state index contributed by atoms with van der Waals surface area (Å²) in [4.78, 5) is 8.66. The van der Waals surface area contributed by atoms with Gasteiger partial charge >= 0.3 is 0 Å². The van der Waals surface area contributed by atoms with Crippen molar-refractivity contribution in [3.05, 3.63) is 17.6 Å². The van der Waals surface area contributed by atoms with Crippen molar-refractivity contribution in [3.8, 4) is 0 Å². The molecule has 0 saturated carbocycles. The van der Waals surface area contributed by atoms with Gasteiger partial charge in [-0.2, -0.15) is 0 Å². The second-order valence-electron chi connectivity index (χ2n) is 4.20. The van der Waals surface area contributed by atoms with E-state index in [0.717, 1.165) is 23.6 Å². The molecule has 0 bridgehead atoms. The fraction of sp³-hybridized carbons (Fsp3) is 0.636. The number of anilines is 1. The number of nitrogens with one attached hydrogen (secondary N) is 1. The van der Waals surface area contributed by atoms with Crippen LogP contribution in [0.3, 0.4) is 0 Å². The van der Waals surface area contributed by atoms with Gasteiger partial charge in [0.05, 0.1) is 11.4 Å². The predicted molar refractivity (Wildman–Crippen MR) is 62.9 cm³/mol. The summed E-state index contributed by atoms with van der Waals surface area (Å²) in [5.74, 6) is 0.864. The lowest BCUT2D eigenvalue weighted by Crippen LogP contribution is -2.27. The standard InChI is InChI=1S/C11H20N4/c1-7(12)5-8(2)14-11-10(4)13-6-9(3)15-11/h6-8H,5,12H2,1-4H3,(H,14,15). The maximum absolute atomic E-state index is 5.74. The molecule has 2 atom stereocenters. The van der Waals surface area contributed by atoms with Crippen molar-refractivity contribution < 1.29 is 0 Å². The predicted octanol–water partition coefficient (Wildman–Crippen LogP) is 1.63. The monoisotopic (exact) mass is 208 g/mol. The van der Waals surface area contributed by atoms with Crippen molar-refractivity contribution in [3.63, 3.8) is 0 Å². The van der Waals surface area contributed by atoms with Gasteiger partial charge < -0.3 is 11.1 Å². The molecule has 0 aliphatic carbocycles. The number of aromatic nitrogens is 2. The highest BCUT2D eigenvalue weighted by Gasteiger charge is 2.08. The smallest absolute Gasteiger partial charge is 0.147 e. The summed E-state index contributed by atoms with van der Waals surface area (Å²) in [6.07, 6.45) is 2.70. The van der Waals surface area contributed by atoms with E-state index in [1.54, 1.807) is 6.20 Å². The Kier molecular flexibility index (Phi) is 4.03. The molecule has 1 rings (SSSR count). The van der Waals surface area contributed by atoms with Crippen molar-refractivity contribution in [2.75, 3.05) is 5.32 Å². The van der Waals surface area contributed by atoms with E-state index in [2.05, 4.69) is 22.2 Å². The molecule has 2 unspecified atom stereocenters. The molecule has 4 nitrogen and oxygen atoms in total. The van der Waals surface area contributed by atoms with Gasteiger partial charge in [0.2, 0.25) is 0 Å². The third kappa shape index (κ3) is 3.83. The summed E-state index contributed by atoms with van der Waals surface area (Å²) < 4.78 is 0. The molecule has 0 aliphatic heterocycles. The fourth-order valence-corrected chi connectivity index (χ4v) is 1.52. The Morgan fingerprint density at radius 1 is 1.40 bits per heavy atom. The van der Waals surface area contributed by atoms with E-state index in [1.165, 1.54) is 0 Å². The van der Waals surface area contributed by atoms with Crippen LogP contribution in [0.1, 0.15) is 31.7 Å². The molecule has 1 aromatic heterocycles. The molecule has 0 aromatic carbocycles. The molecule has 0 fully saturated rings. The maximum Gasteiger partial charge on any atom is 0.147 e. The average molecular weight is 208 g/mol. The van der Waals surface area contributed by atoms with Crippen LogP contribution in [0.25, 0.3) is 0 Å². The first-order valence-corrected chi connectivity index (χ1v) is 5.31. The number of hydrogen-bond acceptors (Lipinski definition) is 4. The Morgan fingerprint density at radius 2 is 2.07 bits per heavy atom. The summed E-state index contributed by atoms with van der Waals surface area (Å²) >= 11 is 0. The maximum atomic E-state index is 5.74. The van der Waals surface area contributed by atoms with Crippen LogP contribution in [-0.2, 0) is 0 Å². The lowest BCUT2D eigenvalue weighted by atomic mass is 10.1. The zero-order chi connectivity index (χ0) is 11.4. The van der Waals surface area contributed by atoms with Crippen LogP contribution < -0.4 is 11.1 Å². The topological polar surface area (TPSA) is 63.8 Å². The zero-order valence-corrected chi connectivity index (χ0v) is 9.91. The molecule has 0 amide bonds. The highest BCUT2D eigenvalue weighted by molar-refractivity contribution is 5.40. The lowest BCUT2D eigenvalue weighted by molar-refractivity contribution is 0.602. The summed E-state index contributed by atoms with van der Waals surface area (Å²) in [6, 6.07) is 0.519. The second kappa shape index (κ2) is 5.07. The molecule has 84 valence electrons. The Bertz CT molecular complexity index is 322. The van der Waals surface area contributed by atoms with E-state index in [1.807, 2.05) is 20.8 Å². The molecular weight excluding hydrogens is 188 g/mol. The van der Waals surface area contributed by atoms with Gasteiger partial charge in [0.25, 0.3) is 0 Å². The van der Waals surface area contributed by atoms with Gasteiger partial charge in [-0.3, -0.25) is 4.98 Å². The van der Waals surface area contributed by atoms with Crippen molar-refractivity contribution in [2.24, 2.45) is 5.73 Å². The Morgan fingerprint density at radius 3 is 2.67 bits per heavy atom. The third-order valence-corrected chi connectivity index (χ3v) is 2.18. The summed E-state index contributed by atoms with van der Waals surface area (Å²) in [5.41, 5.74) is 7.59. The molecule has 0 saturated heterocycles. The molecule has 0 spiro atoms. The quantitative estimate of drug-likeness (QED) is 0.789. The molecule has 1 aromatic rings. The molecule has 0 aliphatic rings. The SMILES string of the molecule is Cc1cnc(C)c(NC(C)CC(C)N)n1. The summed E-state index contributed by atoms with van der Waals surface area (Å²) in [5, 5.41) is 3.33. The van der Waals surface area contributed by atoms with Crippen molar-refractivity contribution >= 4 is 5.82 Å². The van der Waals surface area contributed by atoms with Gasteiger partial charge in [0, 0.05) is 18.3 Å². The second-order valence-corrected chi connectivity index (χ2v) is 4.20. The van der Waals surface area contributed by atoms with E-state index >= 15 is 0 Å². The normalized spacial score (nSPS) is 14.7. The molecule has 4 heteroatoms. The summed E-state index contributed by atoms with van der Waals surface area (Å²) in [6.45, 7) is 8.00. The Labute approximate surface area is 91.3 Å². The van der Waals surface area contributed by atoms with Gasteiger partial charge in [0.15, 0.2) is 0 Å². The van der Waals surface area contributed by atoms with Gasteiger partial charge in [-0.25, -0.2) is 4.98 Å². The van der Waals surface area contributed by atoms with Crippen molar-refractivity contribution in [2.45, 2.75) is 46.2 Å². The number of rotatable bonds is 4. The highest BCUT2D eigenvalue weighted by Crippen LogP contribution is 2.11. The van der Waals surface area contributed by atoms with Crippen LogP contribution in [0.4, 0.5) is 5.82 Å². The molecule has 1 heterocycles. The number of aryl methyl sites for hydroxylation is 2. The first kappa shape index (κ1) is 11.9. The number of hydrogen-bond donors (Lipinski definition) is 2. The van der Waals surface area contributed by atoms with Gasteiger partial charge in [-0.1, -0.05) is 0 Å². The largest absolute Gasteiger partial charge is 0.366 e. The van der Waals surface area contributed by atoms with Crippen LogP contribution >= 0.6 is 0 Å².